The van der Waals surface area contributed by atoms with Crippen LogP contribution in [0.4, 0.5) is 0 Å². The van der Waals surface area contributed by atoms with Crippen molar-refractivity contribution in [3.05, 3.63) is 80.4 Å². The minimum Gasteiger partial charge on any atom is -0.335 e. The van der Waals surface area contributed by atoms with Crippen molar-refractivity contribution >= 4 is 72.7 Å². The molecule has 0 aliphatic carbocycles. The van der Waals surface area contributed by atoms with Gasteiger partial charge in [0, 0.05) is 38.3 Å². The van der Waals surface area contributed by atoms with Crippen LogP contribution >= 0.6 is 50.9 Å². The van der Waals surface area contributed by atoms with Gasteiger partial charge in [-0.15, -0.1) is 0 Å². The average molecular weight is 518 g/mol. The van der Waals surface area contributed by atoms with Crippen molar-refractivity contribution in [3.63, 3.8) is 0 Å². The van der Waals surface area contributed by atoms with E-state index in [9.17, 15) is 0 Å². The molecule has 0 spiro atoms. The van der Waals surface area contributed by atoms with Crippen molar-refractivity contribution < 1.29 is 0 Å². The summed E-state index contributed by atoms with van der Waals surface area (Å²) in [5.41, 5.74) is 3.54. The molecule has 30 heavy (non-hydrogen) atoms. The van der Waals surface area contributed by atoms with Crippen LogP contribution in [0.1, 0.15) is 23.6 Å². The highest BCUT2D eigenvalue weighted by molar-refractivity contribution is 9.10. The summed E-state index contributed by atoms with van der Waals surface area (Å²) in [4.78, 5) is 9.36. The van der Waals surface area contributed by atoms with Gasteiger partial charge in [0.25, 0.3) is 0 Å². The highest BCUT2D eigenvalue weighted by atomic mass is 79.9. The van der Waals surface area contributed by atoms with E-state index in [1.165, 1.54) is 11.8 Å². The van der Waals surface area contributed by atoms with Crippen molar-refractivity contribution in [2.75, 3.05) is 5.75 Å². The fourth-order valence-electron chi connectivity index (χ4n) is 3.11. The Balaban J connectivity index is 1.78. The van der Waals surface area contributed by atoms with Crippen LogP contribution < -0.4 is 5.32 Å². The maximum absolute atomic E-state index is 8.87. The zero-order valence-electron chi connectivity index (χ0n) is 15.6. The molecule has 0 bridgehead atoms. The second-order valence-corrected chi connectivity index (χ2v) is 9.35. The van der Waals surface area contributed by atoms with Gasteiger partial charge in [0.15, 0.2) is 5.17 Å². The Hall–Kier alpha value is -2.04. The molecule has 1 N–H and O–H groups in total. The molecule has 4 nitrogen and oxygen atoms in total. The van der Waals surface area contributed by atoms with E-state index < -0.39 is 0 Å². The summed E-state index contributed by atoms with van der Waals surface area (Å²) in [5, 5.41) is 15.0. The Labute approximate surface area is 197 Å². The molecule has 0 amide bonds. The van der Waals surface area contributed by atoms with E-state index in [0.29, 0.717) is 22.3 Å². The van der Waals surface area contributed by atoms with Crippen molar-refractivity contribution in [1.29, 1.82) is 5.26 Å². The van der Waals surface area contributed by atoms with Crippen molar-refractivity contribution in [1.82, 2.24) is 10.3 Å². The molecule has 8 heteroatoms. The number of hydrogen-bond acceptors (Lipinski definition) is 5. The number of aliphatic imine (C=N–C) groups is 1. The van der Waals surface area contributed by atoms with E-state index in [-0.39, 0.29) is 6.04 Å². The largest absolute Gasteiger partial charge is 0.335 e. The smallest absolute Gasteiger partial charge is 0.162 e. The summed E-state index contributed by atoms with van der Waals surface area (Å²) in [5.74, 6) is 0.653. The number of nitriles is 1. The number of nitrogens with zero attached hydrogens (tertiary/aromatic N) is 3. The van der Waals surface area contributed by atoms with Crippen LogP contribution in [-0.2, 0) is 0 Å². The predicted molar refractivity (Wildman–Crippen MR) is 130 cm³/mol. The number of aromatic nitrogens is 1. The third kappa shape index (κ3) is 4.81. The van der Waals surface area contributed by atoms with Crippen LogP contribution in [0.25, 0.3) is 16.6 Å². The maximum atomic E-state index is 8.87. The molecular weight excluding hydrogens is 503 g/mol. The molecule has 2 heterocycles. The maximum Gasteiger partial charge on any atom is 0.162 e. The first-order valence-electron chi connectivity index (χ1n) is 9.11. The van der Waals surface area contributed by atoms with Crippen LogP contribution in [-0.4, -0.2) is 15.9 Å². The van der Waals surface area contributed by atoms with Gasteiger partial charge in [-0.2, -0.15) is 5.26 Å². The highest BCUT2D eigenvalue weighted by Gasteiger charge is 2.21. The average Bonchev–Trinajstić information content (AvgIpc) is 2.73. The standard InChI is InChI=1S/C22H15BrCl2N4S/c23-15-4-1-3-13(9-15)19-12-20(29-22(28-19)30-8-2-7-26)17-11-14-10-16(24)5-6-18(14)27-21(17)25/h1,3-6,9-12,20H,2,8H2,(H,28,29). The van der Waals surface area contributed by atoms with Gasteiger partial charge in [-0.3, -0.25) is 0 Å². The first-order chi connectivity index (χ1) is 14.5. The first-order valence-corrected chi connectivity index (χ1v) is 11.6. The lowest BCUT2D eigenvalue weighted by atomic mass is 10.0. The Bertz CT molecular complexity index is 1220. The number of amidine groups is 1. The van der Waals surface area contributed by atoms with Crippen molar-refractivity contribution in [3.8, 4) is 6.07 Å². The molecule has 0 saturated heterocycles. The van der Waals surface area contributed by atoms with Gasteiger partial charge in [-0.1, -0.05) is 63.0 Å². The monoisotopic (exact) mass is 516 g/mol. The van der Waals surface area contributed by atoms with E-state index in [0.717, 1.165) is 37.4 Å². The number of benzene rings is 2. The fraction of sp³-hybridized carbons (Fsp3) is 0.136. The minimum atomic E-state index is -0.312. The summed E-state index contributed by atoms with van der Waals surface area (Å²) in [7, 11) is 0. The zero-order chi connectivity index (χ0) is 21.1. The number of hydrogen-bond donors (Lipinski definition) is 1. The van der Waals surface area contributed by atoms with Gasteiger partial charge in [0.1, 0.15) is 11.2 Å². The Morgan fingerprint density at radius 1 is 1.17 bits per heavy atom. The SMILES string of the molecule is N#CCCSC1=NC(c2cc3cc(Cl)ccc3nc2Cl)C=C(c2cccc(Br)c2)N1. The lowest BCUT2D eigenvalue weighted by Crippen LogP contribution is -2.24. The van der Waals surface area contributed by atoms with E-state index in [2.05, 4.69) is 32.3 Å². The van der Waals surface area contributed by atoms with E-state index in [4.69, 9.17) is 33.5 Å². The zero-order valence-corrected chi connectivity index (χ0v) is 19.5. The third-order valence-corrected chi connectivity index (χ3v) is 6.41. The second-order valence-electron chi connectivity index (χ2n) is 6.56. The number of rotatable bonds is 4. The summed E-state index contributed by atoms with van der Waals surface area (Å²) < 4.78 is 0.987. The Kier molecular flexibility index (Phi) is 6.64. The molecule has 0 saturated carbocycles. The van der Waals surface area contributed by atoms with Crippen LogP contribution in [0.3, 0.4) is 0 Å². The second kappa shape index (κ2) is 9.40. The number of fused-ring (bicyclic) bond motifs is 1. The number of pyridine rings is 1. The molecule has 4 rings (SSSR count). The Morgan fingerprint density at radius 2 is 2.03 bits per heavy atom. The molecular formula is C22H15BrCl2N4S. The van der Waals surface area contributed by atoms with Gasteiger partial charge in [0.2, 0.25) is 0 Å². The summed E-state index contributed by atoms with van der Waals surface area (Å²) in [6, 6.07) is 17.4. The van der Waals surface area contributed by atoms with Crippen molar-refractivity contribution in [2.45, 2.75) is 12.5 Å². The molecule has 1 aliphatic rings. The molecule has 3 aromatic rings. The van der Waals surface area contributed by atoms with Crippen LogP contribution in [0.5, 0.6) is 0 Å². The molecule has 1 aliphatic heterocycles. The number of nitrogens with one attached hydrogen (secondary N) is 1. The van der Waals surface area contributed by atoms with Crippen molar-refractivity contribution in [2.24, 2.45) is 4.99 Å². The molecule has 1 atom stereocenters. The van der Waals surface area contributed by atoms with Gasteiger partial charge < -0.3 is 5.32 Å². The predicted octanol–water partition coefficient (Wildman–Crippen LogP) is 6.99. The Morgan fingerprint density at radius 3 is 2.83 bits per heavy atom. The molecule has 0 fully saturated rings. The van der Waals surface area contributed by atoms with Crippen LogP contribution in [0, 0.1) is 11.3 Å². The molecule has 1 aromatic heterocycles. The lowest BCUT2D eigenvalue weighted by molar-refractivity contribution is 0.883. The molecule has 2 aromatic carbocycles. The quantitative estimate of drug-likeness (QED) is 0.299. The molecule has 0 radical (unpaired) electrons. The number of halogens is 3. The van der Waals surface area contributed by atoms with Crippen LogP contribution in [0.15, 0.2) is 64.1 Å². The highest BCUT2D eigenvalue weighted by Crippen LogP contribution is 2.34. The topological polar surface area (TPSA) is 61.1 Å². The summed E-state index contributed by atoms with van der Waals surface area (Å²) >= 11 is 17.8. The fourth-order valence-corrected chi connectivity index (χ4v) is 4.70. The van der Waals surface area contributed by atoms with Gasteiger partial charge >= 0.3 is 0 Å². The van der Waals surface area contributed by atoms with Gasteiger partial charge in [-0.25, -0.2) is 9.98 Å². The summed E-state index contributed by atoms with van der Waals surface area (Å²) in [6.07, 6.45) is 2.48. The van der Waals surface area contributed by atoms with E-state index in [1.807, 2.05) is 48.5 Å². The minimum absolute atomic E-state index is 0.312. The molecule has 1 unspecified atom stereocenters. The normalized spacial score (nSPS) is 15.9. The van der Waals surface area contributed by atoms with E-state index in [1.54, 1.807) is 6.07 Å². The van der Waals surface area contributed by atoms with Crippen LogP contribution in [0.2, 0.25) is 10.2 Å². The van der Waals surface area contributed by atoms with E-state index >= 15 is 0 Å². The summed E-state index contributed by atoms with van der Waals surface area (Å²) in [6.45, 7) is 0. The number of thioether (sulfide) groups is 1. The third-order valence-electron chi connectivity index (χ3n) is 4.49. The lowest BCUT2D eigenvalue weighted by Gasteiger charge is -2.23. The van der Waals surface area contributed by atoms with Gasteiger partial charge in [-0.05, 0) is 48.0 Å². The first kappa shape index (κ1) is 21.2. The molecule has 150 valence electrons. The van der Waals surface area contributed by atoms with Gasteiger partial charge in [0.05, 0.1) is 11.6 Å².